The van der Waals surface area contributed by atoms with E-state index in [4.69, 9.17) is 19.9 Å². The number of aromatic amines is 1. The summed E-state index contributed by atoms with van der Waals surface area (Å²) in [5, 5.41) is 16.7. The number of fused-ring (bicyclic) bond motifs is 2. The molecule has 1 atom stereocenters. The maximum Gasteiger partial charge on any atom is 0.244 e. The van der Waals surface area contributed by atoms with Crippen LogP contribution in [0, 0.1) is 11.3 Å². The number of nitrogens with two attached hydrogens (primary N) is 1. The number of aromatic nitrogens is 2. The Hall–Kier alpha value is -3.14. The normalized spacial score (nSPS) is 18.3. The largest absolute Gasteiger partial charge is 0.454 e. The van der Waals surface area contributed by atoms with Crippen LogP contribution in [0.1, 0.15) is 29.7 Å². The number of nitrogens with one attached hydrogen (secondary N) is 1. The second kappa shape index (κ2) is 4.95. The van der Waals surface area contributed by atoms with Gasteiger partial charge >= 0.3 is 0 Å². The fourth-order valence-electron chi connectivity index (χ4n) is 3.00. The molecule has 116 valence electrons. The van der Waals surface area contributed by atoms with Gasteiger partial charge in [0.1, 0.15) is 11.6 Å². The lowest BCUT2D eigenvalue weighted by atomic mass is 9.83. The van der Waals surface area contributed by atoms with E-state index in [1.165, 1.54) is 0 Å². The maximum absolute atomic E-state index is 9.56. The van der Waals surface area contributed by atoms with Crippen LogP contribution in [0.25, 0.3) is 0 Å². The zero-order valence-corrected chi connectivity index (χ0v) is 12.4. The molecule has 0 bridgehead atoms. The summed E-state index contributed by atoms with van der Waals surface area (Å²) < 4.78 is 16.3. The first-order chi connectivity index (χ1) is 11.2. The van der Waals surface area contributed by atoms with Gasteiger partial charge in [0.05, 0.1) is 5.92 Å². The highest BCUT2D eigenvalue weighted by atomic mass is 16.7. The van der Waals surface area contributed by atoms with Gasteiger partial charge in [-0.25, -0.2) is 0 Å². The van der Waals surface area contributed by atoms with Crippen molar-refractivity contribution >= 4 is 0 Å². The molecule has 0 saturated carbocycles. The third kappa shape index (κ3) is 1.92. The summed E-state index contributed by atoms with van der Waals surface area (Å²) in [4.78, 5) is 0. The van der Waals surface area contributed by atoms with E-state index in [0.29, 0.717) is 23.0 Å². The molecule has 7 nitrogen and oxygen atoms in total. The molecule has 1 aromatic heterocycles. The van der Waals surface area contributed by atoms with Crippen molar-refractivity contribution in [3.63, 3.8) is 0 Å². The van der Waals surface area contributed by atoms with Crippen molar-refractivity contribution in [2.24, 2.45) is 5.73 Å². The van der Waals surface area contributed by atoms with E-state index in [-0.39, 0.29) is 18.6 Å². The van der Waals surface area contributed by atoms with Gasteiger partial charge in [-0.3, -0.25) is 5.10 Å². The van der Waals surface area contributed by atoms with E-state index in [2.05, 4.69) is 16.3 Å². The molecule has 2 aromatic rings. The van der Waals surface area contributed by atoms with Gasteiger partial charge < -0.3 is 19.9 Å². The van der Waals surface area contributed by atoms with Gasteiger partial charge in [-0.15, -0.1) is 5.10 Å². The topological polar surface area (TPSA) is 106 Å². The molecule has 0 saturated heterocycles. The van der Waals surface area contributed by atoms with Gasteiger partial charge in [0.2, 0.25) is 18.6 Å². The highest BCUT2D eigenvalue weighted by molar-refractivity contribution is 5.57. The van der Waals surface area contributed by atoms with Crippen LogP contribution in [0.3, 0.4) is 0 Å². The van der Waals surface area contributed by atoms with Crippen LogP contribution in [-0.2, 0) is 6.42 Å². The summed E-state index contributed by atoms with van der Waals surface area (Å²) in [6.45, 7) is 2.21. The highest BCUT2D eigenvalue weighted by Gasteiger charge is 2.35. The van der Waals surface area contributed by atoms with Crippen LogP contribution in [0.4, 0.5) is 0 Å². The third-order valence-corrected chi connectivity index (χ3v) is 4.10. The minimum absolute atomic E-state index is 0.0804. The Morgan fingerprint density at radius 3 is 3.00 bits per heavy atom. The van der Waals surface area contributed by atoms with Gasteiger partial charge in [-0.05, 0) is 24.1 Å². The first-order valence-corrected chi connectivity index (χ1v) is 7.27. The van der Waals surface area contributed by atoms with Crippen LogP contribution < -0.4 is 19.9 Å². The van der Waals surface area contributed by atoms with Crippen LogP contribution in [-0.4, -0.2) is 17.0 Å². The first kappa shape index (κ1) is 13.5. The minimum atomic E-state index is -0.341. The Morgan fingerprint density at radius 1 is 1.39 bits per heavy atom. The molecule has 7 heteroatoms. The summed E-state index contributed by atoms with van der Waals surface area (Å²) in [7, 11) is 0. The first-order valence-electron chi connectivity index (χ1n) is 7.27. The molecule has 3 heterocycles. The predicted molar refractivity (Wildman–Crippen MR) is 79.8 cm³/mol. The van der Waals surface area contributed by atoms with Crippen molar-refractivity contribution in [1.82, 2.24) is 10.2 Å². The van der Waals surface area contributed by atoms with Crippen LogP contribution >= 0.6 is 0 Å². The molecule has 0 spiro atoms. The van der Waals surface area contributed by atoms with E-state index in [1.807, 2.05) is 25.1 Å². The molecule has 0 amide bonds. The Bertz CT molecular complexity index is 863. The van der Waals surface area contributed by atoms with Crippen molar-refractivity contribution < 1.29 is 14.2 Å². The number of aryl methyl sites for hydroxylation is 1. The lowest BCUT2D eigenvalue weighted by Gasteiger charge is -2.24. The third-order valence-electron chi connectivity index (χ3n) is 4.10. The number of nitrogens with zero attached hydrogens (tertiary/aromatic N) is 2. The number of hydrogen-bond donors (Lipinski definition) is 2. The van der Waals surface area contributed by atoms with Crippen molar-refractivity contribution in [1.29, 1.82) is 5.26 Å². The van der Waals surface area contributed by atoms with Crippen molar-refractivity contribution in [3.8, 4) is 23.4 Å². The molecule has 23 heavy (non-hydrogen) atoms. The monoisotopic (exact) mass is 310 g/mol. The van der Waals surface area contributed by atoms with E-state index < -0.39 is 0 Å². The van der Waals surface area contributed by atoms with Crippen LogP contribution in [0.15, 0.2) is 29.7 Å². The number of hydrogen-bond acceptors (Lipinski definition) is 6. The van der Waals surface area contributed by atoms with Gasteiger partial charge in [0, 0.05) is 11.3 Å². The van der Waals surface area contributed by atoms with Crippen LogP contribution in [0.5, 0.6) is 17.4 Å². The fourth-order valence-corrected chi connectivity index (χ4v) is 3.00. The molecular weight excluding hydrogens is 296 g/mol. The summed E-state index contributed by atoms with van der Waals surface area (Å²) in [5.41, 5.74) is 8.94. The Morgan fingerprint density at radius 2 is 2.22 bits per heavy atom. The highest BCUT2D eigenvalue weighted by Crippen LogP contribution is 2.45. The van der Waals surface area contributed by atoms with E-state index in [1.54, 1.807) is 0 Å². The average molecular weight is 310 g/mol. The van der Waals surface area contributed by atoms with Crippen molar-refractivity contribution in [2.45, 2.75) is 19.3 Å². The van der Waals surface area contributed by atoms with Gasteiger partial charge in [0.15, 0.2) is 11.5 Å². The summed E-state index contributed by atoms with van der Waals surface area (Å²) in [5.74, 6) is 1.51. The van der Waals surface area contributed by atoms with E-state index in [0.717, 1.165) is 23.2 Å². The lowest BCUT2D eigenvalue weighted by molar-refractivity contribution is 0.174. The zero-order valence-electron chi connectivity index (χ0n) is 12.4. The van der Waals surface area contributed by atoms with E-state index in [9.17, 15) is 5.26 Å². The number of H-pyrrole nitrogens is 1. The maximum atomic E-state index is 9.56. The molecule has 2 aliphatic rings. The van der Waals surface area contributed by atoms with E-state index >= 15 is 0 Å². The number of allylic oxidation sites excluding steroid dienone is 1. The second-order valence-electron chi connectivity index (χ2n) is 5.31. The number of rotatable bonds is 2. The molecule has 0 radical (unpaired) electrons. The Kier molecular flexibility index (Phi) is 2.91. The number of ether oxygens (including phenoxy) is 3. The smallest absolute Gasteiger partial charge is 0.244 e. The molecule has 0 aliphatic carbocycles. The molecule has 4 rings (SSSR count). The average Bonchev–Trinajstić information content (AvgIpc) is 3.18. The van der Waals surface area contributed by atoms with Crippen molar-refractivity contribution in [2.75, 3.05) is 6.79 Å². The Labute approximate surface area is 132 Å². The summed E-state index contributed by atoms with van der Waals surface area (Å²) in [6.07, 6.45) is 0.741. The van der Waals surface area contributed by atoms with Crippen LogP contribution in [0.2, 0.25) is 0 Å². The van der Waals surface area contributed by atoms with Gasteiger partial charge in [-0.2, -0.15) is 5.26 Å². The molecular formula is C16H14N4O3. The second-order valence-corrected chi connectivity index (χ2v) is 5.31. The predicted octanol–water partition coefficient (Wildman–Crippen LogP) is 1.92. The molecule has 2 aliphatic heterocycles. The van der Waals surface area contributed by atoms with Gasteiger partial charge in [-0.1, -0.05) is 13.0 Å². The van der Waals surface area contributed by atoms with Gasteiger partial charge in [0.25, 0.3) is 0 Å². The Balaban J connectivity index is 1.91. The molecule has 1 unspecified atom stereocenters. The summed E-state index contributed by atoms with van der Waals surface area (Å²) in [6, 6.07) is 7.79. The fraction of sp³-hybridized carbons (Fsp3) is 0.250. The SMILES string of the molecule is CCc1[nH]nc2c1C(c1ccc3c(c1)OCO3)C(C#N)=C(N)O2. The molecule has 0 fully saturated rings. The number of nitriles is 1. The number of benzene rings is 1. The zero-order chi connectivity index (χ0) is 16.0. The minimum Gasteiger partial charge on any atom is -0.454 e. The molecule has 1 aromatic carbocycles. The standard InChI is InChI=1S/C16H14N4O3/c1-2-10-14-13(8-3-4-11-12(5-8)22-7-21-11)9(6-17)15(18)23-16(14)20-19-10/h3-5,13H,2,7,18H2,1H3,(H,19,20). The quantitative estimate of drug-likeness (QED) is 0.877. The summed E-state index contributed by atoms with van der Waals surface area (Å²) >= 11 is 0. The van der Waals surface area contributed by atoms with Crippen molar-refractivity contribution in [3.05, 3.63) is 46.5 Å². The lowest BCUT2D eigenvalue weighted by Crippen LogP contribution is -2.21. The molecule has 3 N–H and O–H groups in total.